The topological polar surface area (TPSA) is 179 Å². The number of rotatable bonds is 6. The molecule has 2 aliphatic heterocycles. The van der Waals surface area contributed by atoms with Gasteiger partial charge < -0.3 is 25.2 Å². The van der Waals surface area contributed by atoms with Gasteiger partial charge in [-0.15, -0.1) is 11.3 Å². The summed E-state index contributed by atoms with van der Waals surface area (Å²) < 4.78 is 15.4. The minimum absolute atomic E-state index is 0.0323. The van der Waals surface area contributed by atoms with Crippen LogP contribution in [-0.4, -0.2) is 84.4 Å². The molecule has 0 unspecified atom stereocenters. The van der Waals surface area contributed by atoms with Crippen LogP contribution in [0.15, 0.2) is 23.0 Å². The second-order valence-electron chi connectivity index (χ2n) is 14.2. The molecule has 4 aliphatic rings. The van der Waals surface area contributed by atoms with Gasteiger partial charge in [-0.3, -0.25) is 4.79 Å². The number of anilines is 1. The van der Waals surface area contributed by atoms with Crippen LogP contribution in [0, 0.1) is 11.3 Å². The quantitative estimate of drug-likeness (QED) is 0.259. The highest BCUT2D eigenvalue weighted by molar-refractivity contribution is 7.16. The highest BCUT2D eigenvalue weighted by atomic mass is 32.1. The number of nitriles is 1. The first-order valence-electron chi connectivity index (χ1n) is 17.6. The minimum atomic E-state index is -0.462. The van der Waals surface area contributed by atoms with Gasteiger partial charge in [0, 0.05) is 29.3 Å². The summed E-state index contributed by atoms with van der Waals surface area (Å²) >= 11 is 1.53. The van der Waals surface area contributed by atoms with Gasteiger partial charge in [-0.1, -0.05) is 5.16 Å². The number of carbonyl (C=O) groups excluding carboxylic acids is 1. The first kappa shape index (κ1) is 31.3. The van der Waals surface area contributed by atoms with Crippen molar-refractivity contribution in [3.8, 4) is 23.4 Å². The van der Waals surface area contributed by atoms with E-state index in [1.54, 1.807) is 23.1 Å². The highest BCUT2D eigenvalue weighted by Gasteiger charge is 2.49. The third-order valence-electron chi connectivity index (χ3n) is 11.3. The maximum atomic E-state index is 13.1. The van der Waals surface area contributed by atoms with Crippen molar-refractivity contribution in [1.29, 1.82) is 5.26 Å². The van der Waals surface area contributed by atoms with Crippen LogP contribution in [0.1, 0.15) is 95.7 Å². The SMILES string of the molecule is C[C@@H]([C@@H]1CCCN1C)n1ncc2c(-n3ccc(C(=O)N[C@H]4CCOC4)n3)nc(-c3noc4c3CCC[C@@]43CCCc4sc(N)c(C#N)c43)nc21. The molecule has 7 heterocycles. The van der Waals surface area contributed by atoms with Crippen LogP contribution in [-0.2, 0) is 23.0 Å². The minimum Gasteiger partial charge on any atom is -0.389 e. The van der Waals surface area contributed by atoms with Gasteiger partial charge in [0.15, 0.2) is 34.4 Å². The average Bonchev–Trinajstić information content (AvgIpc) is 3.96. The van der Waals surface area contributed by atoms with Crippen molar-refractivity contribution in [1.82, 2.24) is 44.9 Å². The molecule has 1 spiro atoms. The normalized spacial score (nSPS) is 24.0. The van der Waals surface area contributed by atoms with E-state index >= 15 is 0 Å². The lowest BCUT2D eigenvalue weighted by molar-refractivity contribution is 0.0924. The Morgan fingerprint density at radius 1 is 1.22 bits per heavy atom. The second-order valence-corrected chi connectivity index (χ2v) is 15.3. The smallest absolute Gasteiger partial charge is 0.272 e. The Hall–Kier alpha value is -4.65. The fraction of sp³-hybridized carbons (Fsp3) is 0.514. The highest BCUT2D eigenvalue weighted by Crippen LogP contribution is 2.55. The maximum absolute atomic E-state index is 13.1. The number of aromatic nitrogens is 7. The fourth-order valence-corrected chi connectivity index (χ4v) is 10.0. The van der Waals surface area contributed by atoms with E-state index in [9.17, 15) is 10.1 Å². The summed E-state index contributed by atoms with van der Waals surface area (Å²) in [6, 6.07) is 4.42. The molecule has 9 rings (SSSR count). The molecule has 3 N–H and O–H groups in total. The number of ether oxygens (including phenoxy) is 1. The molecule has 50 heavy (non-hydrogen) atoms. The van der Waals surface area contributed by atoms with Gasteiger partial charge in [0.2, 0.25) is 0 Å². The molecule has 0 aromatic carbocycles. The van der Waals surface area contributed by atoms with Gasteiger partial charge in [-0.2, -0.15) is 15.5 Å². The van der Waals surface area contributed by atoms with E-state index in [4.69, 9.17) is 30.1 Å². The molecule has 0 bridgehead atoms. The summed E-state index contributed by atoms with van der Waals surface area (Å²) in [4.78, 5) is 26.9. The van der Waals surface area contributed by atoms with Gasteiger partial charge in [-0.25, -0.2) is 19.3 Å². The lowest BCUT2D eigenvalue weighted by Gasteiger charge is -2.39. The molecular weight excluding hydrogens is 655 g/mol. The number of carbonyl (C=O) groups is 1. The third kappa shape index (κ3) is 4.79. The largest absolute Gasteiger partial charge is 0.389 e. The van der Waals surface area contributed by atoms with Crippen molar-refractivity contribution >= 4 is 33.3 Å². The molecule has 14 nitrogen and oxygen atoms in total. The molecule has 5 aromatic heterocycles. The van der Waals surface area contributed by atoms with Crippen LogP contribution in [0.5, 0.6) is 0 Å². The number of likely N-dealkylation sites (tertiary alicyclic amines) is 1. The number of aryl methyl sites for hydroxylation is 1. The van der Waals surface area contributed by atoms with Gasteiger partial charge in [0.25, 0.3) is 5.91 Å². The first-order valence-corrected chi connectivity index (χ1v) is 18.4. The maximum Gasteiger partial charge on any atom is 0.272 e. The molecule has 5 aromatic rings. The van der Waals surface area contributed by atoms with Crippen molar-refractivity contribution in [2.45, 2.75) is 88.3 Å². The van der Waals surface area contributed by atoms with E-state index in [1.165, 1.54) is 16.2 Å². The summed E-state index contributed by atoms with van der Waals surface area (Å²) in [5, 5.41) is 28.7. The molecule has 2 fully saturated rings. The number of nitrogens with one attached hydrogen (secondary N) is 1. The fourth-order valence-electron chi connectivity index (χ4n) is 8.89. The lowest BCUT2D eigenvalue weighted by atomic mass is 9.63. The van der Waals surface area contributed by atoms with Crippen molar-refractivity contribution < 1.29 is 14.1 Å². The zero-order valence-corrected chi connectivity index (χ0v) is 29.0. The summed E-state index contributed by atoms with van der Waals surface area (Å²) in [6.45, 7) is 4.36. The Kier molecular flexibility index (Phi) is 7.52. The Labute approximate surface area is 292 Å². The van der Waals surface area contributed by atoms with E-state index in [1.807, 2.05) is 4.68 Å². The van der Waals surface area contributed by atoms with E-state index in [0.717, 1.165) is 86.6 Å². The van der Waals surface area contributed by atoms with Crippen LogP contribution in [0.4, 0.5) is 5.00 Å². The summed E-state index contributed by atoms with van der Waals surface area (Å²) in [7, 11) is 2.16. The van der Waals surface area contributed by atoms with Crippen molar-refractivity contribution in [3.63, 3.8) is 0 Å². The number of likely N-dealkylation sites (N-methyl/N-ethyl adjacent to an activating group) is 1. The van der Waals surface area contributed by atoms with E-state index in [-0.39, 0.29) is 23.7 Å². The number of fused-ring (bicyclic) bond motifs is 5. The van der Waals surface area contributed by atoms with Crippen LogP contribution in [0.3, 0.4) is 0 Å². The average molecular weight is 694 g/mol. The molecule has 2 aliphatic carbocycles. The number of nitrogen functional groups attached to an aromatic ring is 1. The summed E-state index contributed by atoms with van der Waals surface area (Å²) in [5.74, 6) is 1.45. The molecule has 4 atom stereocenters. The van der Waals surface area contributed by atoms with E-state index < -0.39 is 5.41 Å². The Morgan fingerprint density at radius 3 is 2.86 bits per heavy atom. The number of amides is 1. The van der Waals surface area contributed by atoms with Crippen LogP contribution in [0.25, 0.3) is 28.4 Å². The van der Waals surface area contributed by atoms with Crippen LogP contribution < -0.4 is 11.1 Å². The van der Waals surface area contributed by atoms with Crippen LogP contribution >= 0.6 is 11.3 Å². The van der Waals surface area contributed by atoms with Crippen LogP contribution in [0.2, 0.25) is 0 Å². The number of hydrogen-bond donors (Lipinski definition) is 2. The van der Waals surface area contributed by atoms with Gasteiger partial charge in [0.05, 0.1) is 41.3 Å². The van der Waals surface area contributed by atoms with Crippen molar-refractivity contribution in [3.05, 3.63) is 51.5 Å². The molecule has 0 radical (unpaired) electrons. The zero-order valence-electron chi connectivity index (χ0n) is 28.2. The number of thiophene rings is 1. The van der Waals surface area contributed by atoms with Crippen molar-refractivity contribution in [2.24, 2.45) is 0 Å². The predicted molar refractivity (Wildman–Crippen MR) is 185 cm³/mol. The third-order valence-corrected chi connectivity index (χ3v) is 12.4. The lowest BCUT2D eigenvalue weighted by Crippen LogP contribution is -2.35. The van der Waals surface area contributed by atoms with Crippen molar-refractivity contribution in [2.75, 3.05) is 32.5 Å². The Balaban J connectivity index is 1.18. The Bertz CT molecular complexity index is 2160. The number of nitrogens with two attached hydrogens (primary N) is 1. The zero-order chi connectivity index (χ0) is 34.1. The number of hydrogen-bond acceptors (Lipinski definition) is 12. The second kappa shape index (κ2) is 12.0. The summed E-state index contributed by atoms with van der Waals surface area (Å²) in [6.07, 6.45) is 11.8. The predicted octanol–water partition coefficient (Wildman–Crippen LogP) is 4.31. The molecule has 15 heteroatoms. The van der Waals surface area contributed by atoms with Gasteiger partial charge >= 0.3 is 0 Å². The number of nitrogens with zero attached hydrogens (tertiary/aromatic N) is 9. The van der Waals surface area contributed by atoms with E-state index in [2.05, 4.69) is 40.5 Å². The molecular formula is C35H39N11O3S. The Morgan fingerprint density at radius 2 is 2.08 bits per heavy atom. The van der Waals surface area contributed by atoms with E-state index in [0.29, 0.717) is 52.8 Å². The monoisotopic (exact) mass is 693 g/mol. The molecule has 1 amide bonds. The molecule has 0 saturated carbocycles. The molecule has 2 saturated heterocycles. The first-order chi connectivity index (χ1) is 24.4. The van der Waals surface area contributed by atoms with Gasteiger partial charge in [-0.05, 0) is 89.9 Å². The summed E-state index contributed by atoms with van der Waals surface area (Å²) in [5.41, 5.74) is 10.0. The standard InChI is InChI=1S/C35H39N11O3S/c1-19(25-7-5-13-44(25)2)46-33-23(17-38-46)32(45-14-9-24(42-45)34(47)39-20-10-15-48-18-20)40-31(41-33)28-21-6-3-11-35(29(21)49-43-28)12-4-8-26-27(35)22(16-36)30(37)50-26/h9,14,17,19-20,25H,3-8,10-13,15,18,37H2,1-2H3,(H,39,47)/t19-,20-,25-,35-/m0/s1. The van der Waals surface area contributed by atoms with Gasteiger partial charge in [0.1, 0.15) is 11.1 Å². The molecule has 258 valence electrons.